The molecule has 1 heterocycles. The number of nitrogens with zero attached hydrogens (tertiary/aromatic N) is 1. The summed E-state index contributed by atoms with van der Waals surface area (Å²) in [5, 5.41) is 9.50. The Balaban J connectivity index is 2.49. The Bertz CT molecular complexity index is 647. The third-order valence-corrected chi connectivity index (χ3v) is 2.96. The Kier molecular flexibility index (Phi) is 4.02. The zero-order chi connectivity index (χ0) is 14.0. The highest BCUT2D eigenvalue weighted by Gasteiger charge is 2.10. The van der Waals surface area contributed by atoms with Gasteiger partial charge in [0, 0.05) is 10.6 Å². The highest BCUT2D eigenvalue weighted by molar-refractivity contribution is 6.36. The summed E-state index contributed by atoms with van der Waals surface area (Å²) >= 11 is 11.8. The molecule has 1 aromatic carbocycles. The molecule has 0 aliphatic rings. The first-order valence-corrected chi connectivity index (χ1v) is 6.05. The largest absolute Gasteiger partial charge is 0.481 e. The van der Waals surface area contributed by atoms with Gasteiger partial charge in [-0.05, 0) is 35.9 Å². The van der Waals surface area contributed by atoms with E-state index in [4.69, 9.17) is 28.3 Å². The summed E-state index contributed by atoms with van der Waals surface area (Å²) in [6.07, 6.45) is -0.280. The van der Waals surface area contributed by atoms with Crippen molar-refractivity contribution >= 4 is 29.2 Å². The summed E-state index contributed by atoms with van der Waals surface area (Å²) in [5.41, 5.74) is 1.09. The van der Waals surface area contributed by atoms with Gasteiger partial charge in [-0.25, -0.2) is 4.98 Å². The number of aliphatic carboxylic acids is 1. The van der Waals surface area contributed by atoms with Crippen LogP contribution in [-0.2, 0) is 11.2 Å². The number of benzene rings is 1. The molecule has 0 fully saturated rings. The van der Waals surface area contributed by atoms with Crippen LogP contribution in [0.5, 0.6) is 0 Å². The van der Waals surface area contributed by atoms with Gasteiger partial charge in [0.15, 0.2) is 0 Å². The molecule has 3 nitrogen and oxygen atoms in total. The van der Waals surface area contributed by atoms with Crippen LogP contribution in [0.4, 0.5) is 4.39 Å². The fourth-order valence-electron chi connectivity index (χ4n) is 1.66. The molecule has 0 bridgehead atoms. The van der Waals surface area contributed by atoms with Crippen LogP contribution in [0.1, 0.15) is 5.56 Å². The Labute approximate surface area is 118 Å². The normalized spacial score (nSPS) is 10.5. The molecule has 0 atom stereocenters. The summed E-state index contributed by atoms with van der Waals surface area (Å²) < 4.78 is 13.4. The van der Waals surface area contributed by atoms with Crippen LogP contribution in [-0.4, -0.2) is 16.1 Å². The van der Waals surface area contributed by atoms with Gasteiger partial charge in [-0.3, -0.25) is 4.79 Å². The molecule has 0 aliphatic carbocycles. The second kappa shape index (κ2) is 5.55. The van der Waals surface area contributed by atoms with Crippen LogP contribution in [0.25, 0.3) is 11.3 Å². The average molecular weight is 300 g/mol. The first-order valence-electron chi connectivity index (χ1n) is 5.29. The number of pyridine rings is 1. The van der Waals surface area contributed by atoms with Crippen molar-refractivity contribution < 1.29 is 14.3 Å². The standard InChI is InChI=1S/C13H8Cl2FNO2/c14-8-1-2-9(10(15)6-8)11-3-7(5-13(18)19)4-12(16)17-11/h1-4,6H,5H2,(H,18,19). The van der Waals surface area contributed by atoms with Gasteiger partial charge < -0.3 is 5.11 Å². The van der Waals surface area contributed by atoms with Crippen molar-refractivity contribution in [3.05, 3.63) is 51.9 Å². The molecule has 98 valence electrons. The van der Waals surface area contributed by atoms with Gasteiger partial charge in [0.25, 0.3) is 0 Å². The molecule has 2 rings (SSSR count). The third-order valence-electron chi connectivity index (χ3n) is 2.42. The number of hydrogen-bond donors (Lipinski definition) is 1. The quantitative estimate of drug-likeness (QED) is 0.877. The van der Waals surface area contributed by atoms with E-state index in [0.29, 0.717) is 21.2 Å². The van der Waals surface area contributed by atoms with E-state index in [9.17, 15) is 9.18 Å². The van der Waals surface area contributed by atoms with E-state index < -0.39 is 11.9 Å². The summed E-state index contributed by atoms with van der Waals surface area (Å²) in [4.78, 5) is 14.4. The van der Waals surface area contributed by atoms with Crippen LogP contribution >= 0.6 is 23.2 Å². The van der Waals surface area contributed by atoms with Gasteiger partial charge in [0.05, 0.1) is 17.1 Å². The predicted molar refractivity (Wildman–Crippen MR) is 71.0 cm³/mol. The lowest BCUT2D eigenvalue weighted by Crippen LogP contribution is -2.02. The second-order valence-corrected chi connectivity index (χ2v) is 4.72. The van der Waals surface area contributed by atoms with Crippen molar-refractivity contribution in [1.82, 2.24) is 4.98 Å². The minimum absolute atomic E-state index is 0.276. The number of carbonyl (C=O) groups is 1. The summed E-state index contributed by atoms with van der Waals surface area (Å²) in [6, 6.07) is 7.30. The highest BCUT2D eigenvalue weighted by atomic mass is 35.5. The number of carboxylic acid groups (broad SMARTS) is 1. The van der Waals surface area contributed by atoms with E-state index in [0.717, 1.165) is 6.07 Å². The number of carboxylic acids is 1. The maximum atomic E-state index is 13.4. The van der Waals surface area contributed by atoms with Crippen molar-refractivity contribution in [2.75, 3.05) is 0 Å². The zero-order valence-corrected chi connectivity index (χ0v) is 11.0. The molecular formula is C13H8Cl2FNO2. The van der Waals surface area contributed by atoms with E-state index in [1.54, 1.807) is 12.1 Å². The van der Waals surface area contributed by atoms with Crippen LogP contribution < -0.4 is 0 Å². The molecule has 0 radical (unpaired) electrons. The fourth-order valence-corrected chi connectivity index (χ4v) is 2.17. The minimum Gasteiger partial charge on any atom is -0.481 e. The lowest BCUT2D eigenvalue weighted by molar-refractivity contribution is -0.136. The number of rotatable bonds is 3. The van der Waals surface area contributed by atoms with Gasteiger partial charge in [-0.15, -0.1) is 0 Å². The fraction of sp³-hybridized carbons (Fsp3) is 0.0769. The van der Waals surface area contributed by atoms with Gasteiger partial charge in [0.1, 0.15) is 0 Å². The van der Waals surface area contributed by atoms with Crippen molar-refractivity contribution in [3.8, 4) is 11.3 Å². The van der Waals surface area contributed by atoms with Crippen molar-refractivity contribution in [1.29, 1.82) is 0 Å². The van der Waals surface area contributed by atoms with Crippen molar-refractivity contribution in [3.63, 3.8) is 0 Å². The van der Waals surface area contributed by atoms with E-state index in [-0.39, 0.29) is 12.1 Å². The van der Waals surface area contributed by atoms with Crippen molar-refractivity contribution in [2.45, 2.75) is 6.42 Å². The van der Waals surface area contributed by atoms with Gasteiger partial charge in [0.2, 0.25) is 5.95 Å². The smallest absolute Gasteiger partial charge is 0.307 e. The molecule has 1 aromatic heterocycles. The van der Waals surface area contributed by atoms with E-state index in [1.165, 1.54) is 12.1 Å². The molecule has 0 saturated heterocycles. The van der Waals surface area contributed by atoms with E-state index in [2.05, 4.69) is 4.98 Å². The molecule has 2 aromatic rings. The highest BCUT2D eigenvalue weighted by Crippen LogP contribution is 2.29. The average Bonchev–Trinajstić information content (AvgIpc) is 2.26. The maximum Gasteiger partial charge on any atom is 0.307 e. The lowest BCUT2D eigenvalue weighted by Gasteiger charge is -2.06. The number of halogens is 3. The van der Waals surface area contributed by atoms with Crippen molar-refractivity contribution in [2.24, 2.45) is 0 Å². The van der Waals surface area contributed by atoms with Gasteiger partial charge in [-0.1, -0.05) is 23.2 Å². The van der Waals surface area contributed by atoms with E-state index in [1.807, 2.05) is 0 Å². The molecule has 0 aliphatic heterocycles. The van der Waals surface area contributed by atoms with Crippen LogP contribution in [0.2, 0.25) is 10.0 Å². The van der Waals surface area contributed by atoms with Gasteiger partial charge in [-0.2, -0.15) is 4.39 Å². The molecule has 0 amide bonds. The molecule has 6 heteroatoms. The molecule has 0 unspecified atom stereocenters. The molecule has 1 N–H and O–H groups in total. The lowest BCUT2D eigenvalue weighted by atomic mass is 10.1. The predicted octanol–water partition coefficient (Wildman–Crippen LogP) is 3.82. The first kappa shape index (κ1) is 13.8. The topological polar surface area (TPSA) is 50.2 Å². The molecular weight excluding hydrogens is 292 g/mol. The molecule has 0 saturated carbocycles. The number of aromatic nitrogens is 1. The van der Waals surface area contributed by atoms with Gasteiger partial charge >= 0.3 is 5.97 Å². The number of hydrogen-bond acceptors (Lipinski definition) is 2. The Morgan fingerprint density at radius 3 is 2.63 bits per heavy atom. The third kappa shape index (κ3) is 3.43. The SMILES string of the molecule is O=C(O)Cc1cc(F)nc(-c2ccc(Cl)cc2Cl)c1. The van der Waals surface area contributed by atoms with Crippen LogP contribution in [0, 0.1) is 5.95 Å². The summed E-state index contributed by atoms with van der Waals surface area (Å²) in [6.45, 7) is 0. The monoisotopic (exact) mass is 299 g/mol. The Morgan fingerprint density at radius 1 is 1.26 bits per heavy atom. The summed E-state index contributed by atoms with van der Waals surface area (Å²) in [5.74, 6) is -1.79. The molecule has 19 heavy (non-hydrogen) atoms. The Morgan fingerprint density at radius 2 is 2.00 bits per heavy atom. The molecule has 0 spiro atoms. The summed E-state index contributed by atoms with van der Waals surface area (Å²) in [7, 11) is 0. The van der Waals surface area contributed by atoms with Crippen LogP contribution in [0.15, 0.2) is 30.3 Å². The second-order valence-electron chi connectivity index (χ2n) is 3.88. The maximum absolute atomic E-state index is 13.4. The first-order chi connectivity index (χ1) is 8.95. The Hall–Kier alpha value is -1.65. The zero-order valence-electron chi connectivity index (χ0n) is 9.53. The minimum atomic E-state index is -1.04. The van der Waals surface area contributed by atoms with E-state index >= 15 is 0 Å². The van der Waals surface area contributed by atoms with Crippen LogP contribution in [0.3, 0.4) is 0 Å².